The van der Waals surface area contributed by atoms with Gasteiger partial charge in [0.15, 0.2) is 0 Å². The van der Waals surface area contributed by atoms with E-state index in [0.717, 1.165) is 15.6 Å². The second-order valence-corrected chi connectivity index (χ2v) is 5.88. The summed E-state index contributed by atoms with van der Waals surface area (Å²) in [5.74, 6) is -0.759. The summed E-state index contributed by atoms with van der Waals surface area (Å²) < 4.78 is 11.0. The third kappa shape index (κ3) is 5.36. The van der Waals surface area contributed by atoms with E-state index < -0.39 is 18.2 Å². The topological polar surface area (TPSA) is 98.9 Å². The molecule has 0 aliphatic rings. The van der Waals surface area contributed by atoms with Crippen molar-refractivity contribution in [2.45, 2.75) is 19.1 Å². The van der Waals surface area contributed by atoms with Crippen LogP contribution >= 0.6 is 15.9 Å². The van der Waals surface area contributed by atoms with Crippen LogP contribution in [0.5, 0.6) is 5.75 Å². The number of rotatable bonds is 6. The number of hydrogen-bond donors (Lipinski definition) is 2. The van der Waals surface area contributed by atoms with E-state index in [1.165, 1.54) is 0 Å². The average molecular weight is 394 g/mol. The highest BCUT2D eigenvalue weighted by atomic mass is 79.9. The third-order valence-corrected chi connectivity index (χ3v) is 3.97. The molecule has 6 nitrogen and oxygen atoms in total. The van der Waals surface area contributed by atoms with E-state index in [4.69, 9.17) is 20.3 Å². The molecule has 1 atom stereocenters. The second kappa shape index (κ2) is 8.47. The zero-order chi connectivity index (χ0) is 17.5. The number of ether oxygens (including phenoxy) is 2. The largest absolute Gasteiger partial charge is 0.514 e. The van der Waals surface area contributed by atoms with Gasteiger partial charge in [0, 0.05) is 10.0 Å². The first-order valence-electron chi connectivity index (χ1n) is 7.11. The fraction of sp³-hybridized carbons (Fsp3) is 0.176. The Bertz CT molecular complexity index is 717. The van der Waals surface area contributed by atoms with E-state index in [-0.39, 0.29) is 13.0 Å². The maximum atomic E-state index is 11.7. The average Bonchev–Trinajstić information content (AvgIpc) is 2.56. The summed E-state index contributed by atoms with van der Waals surface area (Å²) in [5.41, 5.74) is 7.03. The zero-order valence-electron chi connectivity index (χ0n) is 12.6. The number of hydrogen-bond acceptors (Lipinski definition) is 5. The van der Waals surface area contributed by atoms with Gasteiger partial charge in [-0.3, -0.25) is 4.79 Å². The molecule has 2 rings (SSSR count). The Hall–Kier alpha value is -2.38. The molecule has 0 aromatic heterocycles. The quantitative estimate of drug-likeness (QED) is 0.577. The van der Waals surface area contributed by atoms with Crippen LogP contribution in [0, 0.1) is 0 Å². The predicted octanol–water partition coefficient (Wildman–Crippen LogP) is 3.12. The maximum absolute atomic E-state index is 11.7. The van der Waals surface area contributed by atoms with E-state index in [9.17, 15) is 9.59 Å². The van der Waals surface area contributed by atoms with E-state index in [1.807, 2.05) is 24.3 Å². The number of halogens is 1. The SMILES string of the molecule is N[C@H](Cc1ccc(OC(=O)OCc2ccccc2Br)cc1)C(=O)O. The van der Waals surface area contributed by atoms with E-state index in [2.05, 4.69) is 15.9 Å². The summed E-state index contributed by atoms with van der Waals surface area (Å²) in [4.78, 5) is 22.4. The number of carbonyl (C=O) groups is 2. The molecule has 0 aliphatic heterocycles. The molecule has 0 spiro atoms. The van der Waals surface area contributed by atoms with Crippen LogP contribution in [0.4, 0.5) is 4.79 Å². The fourth-order valence-corrected chi connectivity index (χ4v) is 2.31. The van der Waals surface area contributed by atoms with Crippen LogP contribution in [-0.4, -0.2) is 23.3 Å². The molecule has 0 saturated heterocycles. The van der Waals surface area contributed by atoms with Gasteiger partial charge in [-0.25, -0.2) is 4.79 Å². The van der Waals surface area contributed by atoms with Gasteiger partial charge >= 0.3 is 12.1 Å². The summed E-state index contributed by atoms with van der Waals surface area (Å²) >= 11 is 3.37. The molecule has 24 heavy (non-hydrogen) atoms. The minimum Gasteiger partial charge on any atom is -0.480 e. The lowest BCUT2D eigenvalue weighted by Gasteiger charge is -2.09. The van der Waals surface area contributed by atoms with Crippen LogP contribution in [0.15, 0.2) is 53.0 Å². The van der Waals surface area contributed by atoms with Crippen LogP contribution < -0.4 is 10.5 Å². The molecule has 2 aromatic carbocycles. The molecule has 0 unspecified atom stereocenters. The number of nitrogens with two attached hydrogens (primary N) is 1. The van der Waals surface area contributed by atoms with Gasteiger partial charge in [0.05, 0.1) is 0 Å². The maximum Gasteiger partial charge on any atom is 0.514 e. The summed E-state index contributed by atoms with van der Waals surface area (Å²) in [6.07, 6.45) is -0.622. The van der Waals surface area contributed by atoms with Gasteiger partial charge in [0.2, 0.25) is 0 Å². The van der Waals surface area contributed by atoms with Gasteiger partial charge in [0.1, 0.15) is 18.4 Å². The van der Waals surface area contributed by atoms with E-state index in [0.29, 0.717) is 5.75 Å². The Labute approximate surface area is 147 Å². The predicted molar refractivity (Wildman–Crippen MR) is 90.7 cm³/mol. The van der Waals surface area contributed by atoms with Gasteiger partial charge < -0.3 is 20.3 Å². The summed E-state index contributed by atoms with van der Waals surface area (Å²) in [7, 11) is 0. The van der Waals surface area contributed by atoms with Crippen molar-refractivity contribution in [2.24, 2.45) is 5.73 Å². The molecule has 0 heterocycles. The highest BCUT2D eigenvalue weighted by molar-refractivity contribution is 9.10. The summed E-state index contributed by atoms with van der Waals surface area (Å²) in [5, 5.41) is 8.78. The molecule has 2 aromatic rings. The second-order valence-electron chi connectivity index (χ2n) is 5.02. The Balaban J connectivity index is 1.86. The number of carboxylic acids is 1. The first-order chi connectivity index (χ1) is 11.5. The highest BCUT2D eigenvalue weighted by Gasteiger charge is 2.12. The van der Waals surface area contributed by atoms with Crippen molar-refractivity contribution >= 4 is 28.1 Å². The molecule has 0 saturated carbocycles. The fourth-order valence-electron chi connectivity index (χ4n) is 1.91. The standard InChI is InChI=1S/C17H16BrNO5/c18-14-4-2-1-3-12(14)10-23-17(22)24-13-7-5-11(6-8-13)9-15(19)16(20)21/h1-8,15H,9-10,19H2,(H,20,21)/t15-/m1/s1. The van der Waals surface area contributed by atoms with Gasteiger partial charge in [-0.15, -0.1) is 0 Å². The first kappa shape index (κ1) is 18.0. The highest BCUT2D eigenvalue weighted by Crippen LogP contribution is 2.18. The summed E-state index contributed by atoms with van der Waals surface area (Å²) in [6, 6.07) is 12.8. The van der Waals surface area contributed by atoms with Crippen LogP contribution in [0.25, 0.3) is 0 Å². The molecule has 0 radical (unpaired) electrons. The molecular formula is C17H16BrNO5. The Morgan fingerprint density at radius 1 is 1.12 bits per heavy atom. The van der Waals surface area contributed by atoms with Crippen molar-refractivity contribution in [3.05, 3.63) is 64.1 Å². The molecule has 7 heteroatoms. The lowest BCUT2D eigenvalue weighted by molar-refractivity contribution is -0.138. The van der Waals surface area contributed by atoms with Crippen LogP contribution in [-0.2, 0) is 22.6 Å². The van der Waals surface area contributed by atoms with Crippen LogP contribution in [0.3, 0.4) is 0 Å². The Morgan fingerprint density at radius 2 is 1.79 bits per heavy atom. The Kier molecular flexibility index (Phi) is 6.34. The minimum absolute atomic E-state index is 0.0891. The molecule has 3 N–H and O–H groups in total. The molecule has 126 valence electrons. The number of carboxylic acid groups (broad SMARTS) is 1. The van der Waals surface area contributed by atoms with Gasteiger partial charge in [-0.2, -0.15) is 0 Å². The van der Waals surface area contributed by atoms with E-state index in [1.54, 1.807) is 24.3 Å². The van der Waals surface area contributed by atoms with Crippen molar-refractivity contribution in [1.82, 2.24) is 0 Å². The molecule has 0 fully saturated rings. The normalized spacial score (nSPS) is 11.6. The third-order valence-electron chi connectivity index (χ3n) is 3.20. The molecule has 0 aliphatic carbocycles. The van der Waals surface area contributed by atoms with Crippen molar-refractivity contribution in [3.8, 4) is 5.75 Å². The smallest absolute Gasteiger partial charge is 0.480 e. The van der Waals surface area contributed by atoms with Gasteiger partial charge in [-0.05, 0) is 30.2 Å². The van der Waals surface area contributed by atoms with Gasteiger partial charge in [0.25, 0.3) is 0 Å². The minimum atomic E-state index is -1.06. The lowest BCUT2D eigenvalue weighted by atomic mass is 10.1. The molecular weight excluding hydrogens is 378 g/mol. The Morgan fingerprint density at radius 3 is 2.42 bits per heavy atom. The lowest BCUT2D eigenvalue weighted by Crippen LogP contribution is -2.32. The van der Waals surface area contributed by atoms with Crippen LogP contribution in [0.1, 0.15) is 11.1 Å². The van der Waals surface area contributed by atoms with Crippen molar-refractivity contribution in [2.75, 3.05) is 0 Å². The van der Waals surface area contributed by atoms with Crippen LogP contribution in [0.2, 0.25) is 0 Å². The number of aliphatic carboxylic acids is 1. The summed E-state index contributed by atoms with van der Waals surface area (Å²) in [6.45, 7) is 0.0891. The molecule has 0 amide bonds. The van der Waals surface area contributed by atoms with Gasteiger partial charge in [-0.1, -0.05) is 46.3 Å². The number of carbonyl (C=O) groups excluding carboxylic acids is 1. The first-order valence-corrected chi connectivity index (χ1v) is 7.90. The van der Waals surface area contributed by atoms with Crippen molar-refractivity contribution < 1.29 is 24.2 Å². The van der Waals surface area contributed by atoms with Crippen molar-refractivity contribution in [3.63, 3.8) is 0 Å². The molecule has 0 bridgehead atoms. The van der Waals surface area contributed by atoms with E-state index >= 15 is 0 Å². The van der Waals surface area contributed by atoms with Crippen molar-refractivity contribution in [1.29, 1.82) is 0 Å². The number of benzene rings is 2. The zero-order valence-corrected chi connectivity index (χ0v) is 14.2. The monoisotopic (exact) mass is 393 g/mol.